The molecule has 5 nitrogen and oxygen atoms in total. The summed E-state index contributed by atoms with van der Waals surface area (Å²) in [5.41, 5.74) is 2.24. The minimum Gasteiger partial charge on any atom is -0.319 e. The molecule has 1 N–H and O–H groups in total. The molecule has 0 aliphatic heterocycles. The summed E-state index contributed by atoms with van der Waals surface area (Å²) < 4.78 is 2.55. The standard InChI is InChI=1S/C18H15N3O2S/c1-2-10-21-18(23)12-7-5-6-11(16(12)24-21)15-17(22)20-14-9-4-3-8-13(14)19-15/h3-9H,2,10H2,1H3,(H,20,22). The number of para-hydroxylation sites is 2. The molecule has 0 radical (unpaired) electrons. The maximum Gasteiger partial charge on any atom is 0.275 e. The Bertz CT molecular complexity index is 1170. The molecule has 0 bridgehead atoms. The quantitative estimate of drug-likeness (QED) is 0.623. The highest BCUT2D eigenvalue weighted by Crippen LogP contribution is 2.28. The van der Waals surface area contributed by atoms with Gasteiger partial charge in [0.15, 0.2) is 0 Å². The first-order valence-electron chi connectivity index (χ1n) is 7.81. The van der Waals surface area contributed by atoms with Crippen LogP contribution >= 0.6 is 11.5 Å². The van der Waals surface area contributed by atoms with Gasteiger partial charge in [-0.2, -0.15) is 0 Å². The molecule has 6 heteroatoms. The average molecular weight is 337 g/mol. The van der Waals surface area contributed by atoms with E-state index in [4.69, 9.17) is 0 Å². The summed E-state index contributed by atoms with van der Waals surface area (Å²) in [5, 5.41) is 0.639. The number of hydrogen-bond acceptors (Lipinski definition) is 4. The molecule has 0 amide bonds. The summed E-state index contributed by atoms with van der Waals surface area (Å²) in [6.07, 6.45) is 0.886. The minimum absolute atomic E-state index is 0.00378. The van der Waals surface area contributed by atoms with Crippen LogP contribution in [0.4, 0.5) is 0 Å². The molecule has 120 valence electrons. The minimum atomic E-state index is -0.246. The molecule has 2 aromatic carbocycles. The Balaban J connectivity index is 2.03. The van der Waals surface area contributed by atoms with Crippen molar-refractivity contribution in [2.45, 2.75) is 19.9 Å². The summed E-state index contributed by atoms with van der Waals surface area (Å²) in [4.78, 5) is 32.4. The number of rotatable bonds is 3. The van der Waals surface area contributed by atoms with Gasteiger partial charge in [-0.15, -0.1) is 0 Å². The van der Waals surface area contributed by atoms with Gasteiger partial charge in [0.1, 0.15) is 5.69 Å². The fraction of sp³-hybridized carbons (Fsp3) is 0.167. The second kappa shape index (κ2) is 5.72. The lowest BCUT2D eigenvalue weighted by Crippen LogP contribution is -2.12. The lowest BCUT2D eigenvalue weighted by molar-refractivity contribution is 0.716. The fourth-order valence-corrected chi connectivity index (χ4v) is 4.03. The third-order valence-electron chi connectivity index (χ3n) is 3.95. The van der Waals surface area contributed by atoms with Crippen LogP contribution < -0.4 is 11.1 Å². The van der Waals surface area contributed by atoms with E-state index < -0.39 is 0 Å². The molecule has 24 heavy (non-hydrogen) atoms. The van der Waals surface area contributed by atoms with Crippen LogP contribution in [0.25, 0.3) is 32.4 Å². The number of nitrogens with one attached hydrogen (secondary N) is 1. The van der Waals surface area contributed by atoms with Crippen LogP contribution in [0, 0.1) is 0 Å². The Labute approximate surface area is 141 Å². The molecule has 0 saturated carbocycles. The number of fused-ring (bicyclic) bond motifs is 2. The molecule has 4 aromatic rings. The number of benzene rings is 2. The van der Waals surface area contributed by atoms with Crippen molar-refractivity contribution in [3.8, 4) is 11.3 Å². The van der Waals surface area contributed by atoms with Crippen molar-refractivity contribution >= 4 is 32.7 Å². The molecule has 0 unspecified atom stereocenters. The summed E-state index contributed by atoms with van der Waals surface area (Å²) in [6, 6.07) is 12.9. The van der Waals surface area contributed by atoms with Crippen LogP contribution in [0.1, 0.15) is 13.3 Å². The van der Waals surface area contributed by atoms with E-state index in [0.29, 0.717) is 28.7 Å². The van der Waals surface area contributed by atoms with Gasteiger partial charge in [-0.1, -0.05) is 42.7 Å². The van der Waals surface area contributed by atoms with Crippen molar-refractivity contribution in [1.29, 1.82) is 0 Å². The molecule has 0 aliphatic carbocycles. The average Bonchev–Trinajstić information content (AvgIpc) is 2.91. The lowest BCUT2D eigenvalue weighted by Gasteiger charge is -2.03. The van der Waals surface area contributed by atoms with E-state index in [9.17, 15) is 9.59 Å². The topological polar surface area (TPSA) is 67.8 Å². The first-order chi connectivity index (χ1) is 11.7. The summed E-state index contributed by atoms with van der Waals surface area (Å²) >= 11 is 1.40. The van der Waals surface area contributed by atoms with E-state index in [-0.39, 0.29) is 11.1 Å². The molecule has 2 aromatic heterocycles. The normalized spacial score (nSPS) is 11.4. The van der Waals surface area contributed by atoms with Gasteiger partial charge in [0, 0.05) is 12.1 Å². The third-order valence-corrected chi connectivity index (χ3v) is 5.15. The highest BCUT2D eigenvalue weighted by Gasteiger charge is 2.15. The lowest BCUT2D eigenvalue weighted by atomic mass is 10.1. The Morgan fingerprint density at radius 1 is 1.12 bits per heavy atom. The molecular formula is C18H15N3O2S. The van der Waals surface area contributed by atoms with Crippen LogP contribution in [0.15, 0.2) is 52.1 Å². The Hall–Kier alpha value is -2.73. The van der Waals surface area contributed by atoms with E-state index in [0.717, 1.165) is 16.6 Å². The molecular weight excluding hydrogens is 322 g/mol. The van der Waals surface area contributed by atoms with Crippen LogP contribution in [-0.4, -0.2) is 13.9 Å². The summed E-state index contributed by atoms with van der Waals surface area (Å²) in [7, 11) is 0. The van der Waals surface area contributed by atoms with E-state index in [2.05, 4.69) is 9.97 Å². The first-order valence-corrected chi connectivity index (χ1v) is 8.58. The van der Waals surface area contributed by atoms with Crippen LogP contribution in [0.5, 0.6) is 0 Å². The van der Waals surface area contributed by atoms with Crippen molar-refractivity contribution in [3.05, 3.63) is 63.2 Å². The highest BCUT2D eigenvalue weighted by atomic mass is 32.1. The van der Waals surface area contributed by atoms with Gasteiger partial charge in [-0.25, -0.2) is 4.98 Å². The van der Waals surface area contributed by atoms with Crippen molar-refractivity contribution in [2.75, 3.05) is 0 Å². The first kappa shape index (κ1) is 14.8. The molecule has 0 saturated heterocycles. The van der Waals surface area contributed by atoms with Crippen molar-refractivity contribution in [3.63, 3.8) is 0 Å². The zero-order chi connectivity index (χ0) is 16.7. The predicted molar refractivity (Wildman–Crippen MR) is 97.7 cm³/mol. The van der Waals surface area contributed by atoms with Gasteiger partial charge in [-0.3, -0.25) is 13.5 Å². The van der Waals surface area contributed by atoms with Gasteiger partial charge < -0.3 is 4.98 Å². The molecule has 0 aliphatic rings. The number of aromatic amines is 1. The SMILES string of the molecule is CCCn1sc2c(-c3nc4ccccc4[nH]c3=O)cccc2c1=O. The number of H-pyrrole nitrogens is 1. The second-order valence-corrected chi connectivity index (χ2v) is 6.64. The molecule has 0 atom stereocenters. The maximum absolute atomic E-state index is 12.5. The number of nitrogens with zero attached hydrogens (tertiary/aromatic N) is 2. The zero-order valence-electron chi connectivity index (χ0n) is 13.1. The van der Waals surface area contributed by atoms with E-state index in [1.807, 2.05) is 37.3 Å². The Kier molecular flexibility index (Phi) is 3.54. The monoisotopic (exact) mass is 337 g/mol. The van der Waals surface area contributed by atoms with Crippen molar-refractivity contribution in [1.82, 2.24) is 13.9 Å². The Morgan fingerprint density at radius 2 is 1.96 bits per heavy atom. The van der Waals surface area contributed by atoms with Crippen molar-refractivity contribution < 1.29 is 0 Å². The molecule has 0 fully saturated rings. The maximum atomic E-state index is 12.5. The van der Waals surface area contributed by atoms with E-state index in [1.54, 1.807) is 16.1 Å². The largest absolute Gasteiger partial charge is 0.319 e. The summed E-state index contributed by atoms with van der Waals surface area (Å²) in [6.45, 7) is 2.71. The van der Waals surface area contributed by atoms with Crippen LogP contribution in [0.2, 0.25) is 0 Å². The van der Waals surface area contributed by atoms with Gasteiger partial charge in [0.2, 0.25) is 0 Å². The van der Waals surface area contributed by atoms with Crippen LogP contribution in [0.3, 0.4) is 0 Å². The van der Waals surface area contributed by atoms with Gasteiger partial charge in [0.05, 0.1) is 21.1 Å². The van der Waals surface area contributed by atoms with Crippen molar-refractivity contribution in [2.24, 2.45) is 0 Å². The van der Waals surface area contributed by atoms with E-state index in [1.165, 1.54) is 11.5 Å². The van der Waals surface area contributed by atoms with Gasteiger partial charge in [0.25, 0.3) is 11.1 Å². The summed E-state index contributed by atoms with van der Waals surface area (Å²) in [5.74, 6) is 0. The Morgan fingerprint density at radius 3 is 2.79 bits per heavy atom. The fourth-order valence-electron chi connectivity index (χ4n) is 2.84. The highest BCUT2D eigenvalue weighted by molar-refractivity contribution is 7.14. The zero-order valence-corrected chi connectivity index (χ0v) is 13.9. The molecule has 2 heterocycles. The number of aromatic nitrogens is 3. The predicted octanol–water partition coefficient (Wildman–Crippen LogP) is 3.38. The smallest absolute Gasteiger partial charge is 0.275 e. The van der Waals surface area contributed by atoms with Gasteiger partial charge >= 0.3 is 0 Å². The molecule has 4 rings (SSSR count). The molecule has 0 spiro atoms. The van der Waals surface area contributed by atoms with Crippen LogP contribution in [-0.2, 0) is 6.54 Å². The number of hydrogen-bond donors (Lipinski definition) is 1. The second-order valence-electron chi connectivity index (χ2n) is 5.61. The third kappa shape index (κ3) is 2.27. The number of aryl methyl sites for hydroxylation is 1. The van der Waals surface area contributed by atoms with Gasteiger partial charge in [-0.05, 0) is 24.6 Å². The van der Waals surface area contributed by atoms with E-state index >= 15 is 0 Å².